The number of primary amides is 1. The van der Waals surface area contributed by atoms with Gasteiger partial charge in [-0.15, -0.1) is 0 Å². The fourth-order valence-corrected chi connectivity index (χ4v) is 6.36. The highest BCUT2D eigenvalue weighted by molar-refractivity contribution is 5.76. The van der Waals surface area contributed by atoms with Crippen LogP contribution in [0.3, 0.4) is 0 Å². The summed E-state index contributed by atoms with van der Waals surface area (Å²) in [5.74, 6) is 1.34. The number of fused-ring (bicyclic) bond motifs is 1. The van der Waals surface area contributed by atoms with Crippen LogP contribution in [-0.4, -0.2) is 35.9 Å². The SMILES string of the molecule is CCCCCC1CCC2NC(OCC(=O)O)CC(C3CCCC(C(N)=O)C3)C2C1. The first kappa shape index (κ1) is 22.5. The number of nitrogens with two attached hydrogens (primary N) is 1. The molecule has 4 N–H and O–H groups in total. The Hall–Kier alpha value is -1.14. The third-order valence-electron chi connectivity index (χ3n) is 7.79. The predicted octanol–water partition coefficient (Wildman–Crippen LogP) is 3.68. The summed E-state index contributed by atoms with van der Waals surface area (Å²) in [4.78, 5) is 22.8. The van der Waals surface area contributed by atoms with Gasteiger partial charge in [-0.2, -0.15) is 0 Å². The summed E-state index contributed by atoms with van der Waals surface area (Å²) in [7, 11) is 0. The summed E-state index contributed by atoms with van der Waals surface area (Å²) >= 11 is 0. The van der Waals surface area contributed by atoms with E-state index in [4.69, 9.17) is 15.6 Å². The van der Waals surface area contributed by atoms with E-state index in [1.54, 1.807) is 0 Å². The number of carboxylic acids is 1. The molecular weight excluding hydrogens is 368 g/mol. The largest absolute Gasteiger partial charge is 0.480 e. The molecule has 6 nitrogen and oxygen atoms in total. The summed E-state index contributed by atoms with van der Waals surface area (Å²) in [6, 6.07) is 0.406. The maximum atomic E-state index is 11.8. The zero-order valence-corrected chi connectivity index (χ0v) is 18.0. The van der Waals surface area contributed by atoms with Gasteiger partial charge in [-0.25, -0.2) is 4.79 Å². The van der Waals surface area contributed by atoms with Gasteiger partial charge in [-0.3, -0.25) is 10.1 Å². The van der Waals surface area contributed by atoms with E-state index >= 15 is 0 Å². The van der Waals surface area contributed by atoms with E-state index in [1.165, 1.54) is 38.5 Å². The Morgan fingerprint density at radius 1 is 1.07 bits per heavy atom. The number of carbonyl (C=O) groups excluding carboxylic acids is 1. The number of aliphatic carboxylic acids is 1. The zero-order valence-electron chi connectivity index (χ0n) is 18.0. The van der Waals surface area contributed by atoms with Gasteiger partial charge in [0.1, 0.15) is 12.8 Å². The third kappa shape index (κ3) is 6.17. The molecule has 2 aliphatic carbocycles. The first-order chi connectivity index (χ1) is 14.0. The second kappa shape index (κ2) is 10.8. The Balaban J connectivity index is 1.69. The van der Waals surface area contributed by atoms with Crippen LogP contribution < -0.4 is 11.1 Å². The lowest BCUT2D eigenvalue weighted by atomic mass is 9.61. The standard InChI is InChI=1S/C23H40N2O4/c1-2-3-4-6-15-9-10-20-19(11-15)18(13-21(25-20)29-14-22(26)27)16-7-5-8-17(12-16)23(24)28/h15-21,25H,2-14H2,1H3,(H2,24,28)(H,26,27). The van der Waals surface area contributed by atoms with Gasteiger partial charge in [-0.1, -0.05) is 45.4 Å². The van der Waals surface area contributed by atoms with Crippen LogP contribution >= 0.6 is 0 Å². The highest BCUT2D eigenvalue weighted by Crippen LogP contribution is 2.47. The molecule has 7 unspecified atom stereocenters. The minimum absolute atomic E-state index is 0.00409. The Bertz CT molecular complexity index is 555. The molecule has 0 aromatic carbocycles. The van der Waals surface area contributed by atoms with E-state index in [0.717, 1.165) is 44.4 Å². The van der Waals surface area contributed by atoms with Gasteiger partial charge in [0.15, 0.2) is 0 Å². The lowest BCUT2D eigenvalue weighted by molar-refractivity contribution is -0.149. The lowest BCUT2D eigenvalue weighted by Gasteiger charge is -2.50. The van der Waals surface area contributed by atoms with Gasteiger partial charge < -0.3 is 15.6 Å². The van der Waals surface area contributed by atoms with Crippen molar-refractivity contribution in [1.29, 1.82) is 0 Å². The Morgan fingerprint density at radius 2 is 1.90 bits per heavy atom. The van der Waals surface area contributed by atoms with Crippen molar-refractivity contribution >= 4 is 11.9 Å². The van der Waals surface area contributed by atoms with Gasteiger partial charge >= 0.3 is 5.97 Å². The number of hydrogen-bond donors (Lipinski definition) is 3. The molecule has 3 fully saturated rings. The average Bonchev–Trinajstić information content (AvgIpc) is 2.72. The first-order valence-corrected chi connectivity index (χ1v) is 11.9. The predicted molar refractivity (Wildman–Crippen MR) is 112 cm³/mol. The van der Waals surface area contributed by atoms with Crippen LogP contribution in [0.1, 0.15) is 84.0 Å². The maximum absolute atomic E-state index is 11.8. The number of carboxylic acid groups (broad SMARTS) is 1. The molecule has 0 radical (unpaired) electrons. The fraction of sp³-hybridized carbons (Fsp3) is 0.913. The fourth-order valence-electron chi connectivity index (χ4n) is 6.36. The van der Waals surface area contributed by atoms with E-state index in [1.807, 2.05) is 0 Å². The number of hydrogen-bond acceptors (Lipinski definition) is 4. The highest BCUT2D eigenvalue weighted by Gasteiger charge is 2.45. The molecule has 7 atom stereocenters. The molecule has 166 valence electrons. The quantitative estimate of drug-likeness (QED) is 0.505. The van der Waals surface area contributed by atoms with Crippen LogP contribution in [0.2, 0.25) is 0 Å². The average molecular weight is 409 g/mol. The van der Waals surface area contributed by atoms with Crippen LogP contribution in [0, 0.1) is 29.6 Å². The third-order valence-corrected chi connectivity index (χ3v) is 7.79. The molecular formula is C23H40N2O4. The molecule has 0 aromatic rings. The molecule has 2 saturated carbocycles. The molecule has 1 amide bonds. The van der Waals surface area contributed by atoms with E-state index < -0.39 is 5.97 Å². The molecule has 0 bridgehead atoms. The lowest BCUT2D eigenvalue weighted by Crippen LogP contribution is -2.56. The Labute approximate surface area is 175 Å². The van der Waals surface area contributed by atoms with Crippen LogP contribution in [0.5, 0.6) is 0 Å². The van der Waals surface area contributed by atoms with E-state index in [9.17, 15) is 9.59 Å². The molecule has 1 aliphatic heterocycles. The molecule has 0 spiro atoms. The highest BCUT2D eigenvalue weighted by atomic mass is 16.5. The topological polar surface area (TPSA) is 102 Å². The van der Waals surface area contributed by atoms with Crippen molar-refractivity contribution in [3.05, 3.63) is 0 Å². The van der Waals surface area contributed by atoms with E-state index in [0.29, 0.717) is 23.8 Å². The minimum atomic E-state index is -0.920. The number of ether oxygens (including phenoxy) is 1. The second-order valence-corrected chi connectivity index (χ2v) is 9.73. The smallest absolute Gasteiger partial charge is 0.329 e. The Morgan fingerprint density at radius 3 is 2.62 bits per heavy atom. The number of rotatable bonds is 9. The molecule has 0 aromatic heterocycles. The number of unbranched alkanes of at least 4 members (excludes halogenated alkanes) is 2. The van der Waals surface area contributed by atoms with Gasteiger partial charge in [0, 0.05) is 12.0 Å². The van der Waals surface area contributed by atoms with Crippen LogP contribution in [0.25, 0.3) is 0 Å². The molecule has 1 saturated heterocycles. The van der Waals surface area contributed by atoms with Crippen LogP contribution in [0.4, 0.5) is 0 Å². The van der Waals surface area contributed by atoms with Crippen molar-refractivity contribution in [2.45, 2.75) is 96.2 Å². The second-order valence-electron chi connectivity index (χ2n) is 9.73. The summed E-state index contributed by atoms with van der Waals surface area (Å²) in [6.45, 7) is 2.00. The Kier molecular flexibility index (Phi) is 8.36. The summed E-state index contributed by atoms with van der Waals surface area (Å²) < 4.78 is 5.69. The van der Waals surface area contributed by atoms with Crippen LogP contribution in [0.15, 0.2) is 0 Å². The monoisotopic (exact) mass is 408 g/mol. The van der Waals surface area contributed by atoms with Crippen molar-refractivity contribution in [3.63, 3.8) is 0 Å². The van der Waals surface area contributed by atoms with Crippen molar-refractivity contribution in [3.8, 4) is 0 Å². The van der Waals surface area contributed by atoms with Crippen molar-refractivity contribution in [2.24, 2.45) is 35.3 Å². The van der Waals surface area contributed by atoms with Gasteiger partial charge in [0.05, 0.1) is 0 Å². The summed E-state index contributed by atoms with van der Waals surface area (Å²) in [6.07, 6.45) is 13.6. The van der Waals surface area contributed by atoms with Gasteiger partial charge in [0.2, 0.25) is 5.91 Å². The molecule has 3 rings (SSSR count). The van der Waals surface area contributed by atoms with Gasteiger partial charge in [0.25, 0.3) is 0 Å². The summed E-state index contributed by atoms with van der Waals surface area (Å²) in [5.41, 5.74) is 5.65. The number of nitrogens with one attached hydrogen (secondary N) is 1. The van der Waals surface area contributed by atoms with Crippen molar-refractivity contribution in [2.75, 3.05) is 6.61 Å². The first-order valence-electron chi connectivity index (χ1n) is 11.9. The van der Waals surface area contributed by atoms with Crippen LogP contribution in [-0.2, 0) is 14.3 Å². The van der Waals surface area contributed by atoms with Crippen molar-refractivity contribution in [1.82, 2.24) is 5.32 Å². The number of amides is 1. The minimum Gasteiger partial charge on any atom is -0.480 e. The summed E-state index contributed by atoms with van der Waals surface area (Å²) in [5, 5.41) is 12.6. The number of carbonyl (C=O) groups is 2. The van der Waals surface area contributed by atoms with E-state index in [2.05, 4.69) is 12.2 Å². The molecule has 3 aliphatic rings. The van der Waals surface area contributed by atoms with Crippen molar-refractivity contribution < 1.29 is 19.4 Å². The zero-order chi connectivity index (χ0) is 20.8. The molecule has 29 heavy (non-hydrogen) atoms. The van der Waals surface area contributed by atoms with E-state index in [-0.39, 0.29) is 24.7 Å². The normalized spacial score (nSPS) is 37.6. The van der Waals surface area contributed by atoms with Gasteiger partial charge in [-0.05, 0) is 62.2 Å². The molecule has 1 heterocycles. The number of piperidine rings is 1. The molecule has 6 heteroatoms. The maximum Gasteiger partial charge on any atom is 0.329 e.